The summed E-state index contributed by atoms with van der Waals surface area (Å²) in [4.78, 5) is 34.8. The fourth-order valence-electron chi connectivity index (χ4n) is 1.74. The van der Waals surface area contributed by atoms with Crippen molar-refractivity contribution in [3.8, 4) is 0 Å². The fraction of sp³-hybridized carbons (Fsp3) is 0.667. The quantitative estimate of drug-likeness (QED) is 0.334. The van der Waals surface area contributed by atoms with Gasteiger partial charge in [0.15, 0.2) is 0 Å². The van der Waals surface area contributed by atoms with Crippen LogP contribution in [0.1, 0.15) is 19.8 Å². The van der Waals surface area contributed by atoms with Crippen LogP contribution in [-0.4, -0.2) is 45.6 Å². The highest BCUT2D eigenvalue weighted by Crippen LogP contribution is 2.19. The maximum absolute atomic E-state index is 11.8. The summed E-state index contributed by atoms with van der Waals surface area (Å²) in [6, 6.07) is -0.860. The summed E-state index contributed by atoms with van der Waals surface area (Å²) in [7, 11) is 0. The normalized spacial score (nSPS) is 21.6. The van der Waals surface area contributed by atoms with Gasteiger partial charge in [-0.1, -0.05) is 0 Å². The molecule has 0 saturated carbocycles. The molecule has 3 N–H and O–H groups in total. The SMILES string of the molecule is CC(C(=O)NO)C(=O)N1CCC[C@H]1C(=O)O. The summed E-state index contributed by atoms with van der Waals surface area (Å²) < 4.78 is 0. The lowest BCUT2D eigenvalue weighted by atomic mass is 10.1. The van der Waals surface area contributed by atoms with E-state index in [0.717, 1.165) is 0 Å². The Morgan fingerprint density at radius 3 is 2.56 bits per heavy atom. The highest BCUT2D eigenvalue weighted by Gasteiger charge is 2.37. The predicted octanol–water partition coefficient (Wildman–Crippen LogP) is -0.796. The average Bonchev–Trinajstić information content (AvgIpc) is 2.74. The van der Waals surface area contributed by atoms with Crippen molar-refractivity contribution in [3.05, 3.63) is 0 Å². The van der Waals surface area contributed by atoms with Gasteiger partial charge in [0.2, 0.25) is 5.91 Å². The summed E-state index contributed by atoms with van der Waals surface area (Å²) in [5, 5.41) is 17.3. The van der Waals surface area contributed by atoms with Crippen molar-refractivity contribution in [3.63, 3.8) is 0 Å². The standard InChI is InChI=1S/C9H14N2O5/c1-5(7(12)10-16)8(13)11-4-2-3-6(11)9(14)15/h5-6,16H,2-4H2,1H3,(H,10,12)(H,14,15)/t5?,6-/m0/s1. The molecule has 1 heterocycles. The highest BCUT2D eigenvalue weighted by atomic mass is 16.5. The van der Waals surface area contributed by atoms with Crippen LogP contribution in [0.5, 0.6) is 0 Å². The van der Waals surface area contributed by atoms with Gasteiger partial charge in [-0.15, -0.1) is 0 Å². The minimum Gasteiger partial charge on any atom is -0.480 e. The molecule has 0 aromatic rings. The molecule has 0 aliphatic carbocycles. The van der Waals surface area contributed by atoms with Crippen molar-refractivity contribution >= 4 is 17.8 Å². The summed E-state index contributed by atoms with van der Waals surface area (Å²) in [5.74, 6) is -3.55. The largest absolute Gasteiger partial charge is 0.480 e. The van der Waals surface area contributed by atoms with E-state index < -0.39 is 29.7 Å². The van der Waals surface area contributed by atoms with E-state index in [2.05, 4.69) is 0 Å². The molecule has 0 bridgehead atoms. The third kappa shape index (κ3) is 2.30. The summed E-state index contributed by atoms with van der Waals surface area (Å²) in [6.45, 7) is 1.66. The van der Waals surface area contributed by atoms with Gasteiger partial charge in [-0.05, 0) is 19.8 Å². The number of likely N-dealkylation sites (tertiary alicyclic amines) is 1. The molecule has 1 saturated heterocycles. The Bertz CT molecular complexity index is 317. The number of carboxylic acid groups (broad SMARTS) is 1. The number of hydrogen-bond donors (Lipinski definition) is 3. The number of carbonyl (C=O) groups excluding carboxylic acids is 2. The van der Waals surface area contributed by atoms with E-state index in [1.54, 1.807) is 0 Å². The van der Waals surface area contributed by atoms with Crippen molar-refractivity contribution in [2.75, 3.05) is 6.54 Å². The van der Waals surface area contributed by atoms with Crippen LogP contribution in [0.4, 0.5) is 0 Å². The van der Waals surface area contributed by atoms with E-state index >= 15 is 0 Å². The summed E-state index contributed by atoms with van der Waals surface area (Å²) in [6.07, 6.45) is 1.00. The number of hydrogen-bond acceptors (Lipinski definition) is 4. The zero-order chi connectivity index (χ0) is 12.3. The van der Waals surface area contributed by atoms with Crippen LogP contribution in [0.15, 0.2) is 0 Å². The highest BCUT2D eigenvalue weighted by molar-refractivity contribution is 6.00. The molecule has 0 aromatic carbocycles. The Balaban J connectivity index is 2.73. The van der Waals surface area contributed by atoms with Gasteiger partial charge in [0.1, 0.15) is 12.0 Å². The van der Waals surface area contributed by atoms with Gasteiger partial charge in [0, 0.05) is 6.54 Å². The van der Waals surface area contributed by atoms with Crippen LogP contribution in [0.25, 0.3) is 0 Å². The van der Waals surface area contributed by atoms with Crippen LogP contribution >= 0.6 is 0 Å². The van der Waals surface area contributed by atoms with Gasteiger partial charge < -0.3 is 10.0 Å². The summed E-state index contributed by atoms with van der Waals surface area (Å²) >= 11 is 0. The molecule has 0 spiro atoms. The number of hydroxylamine groups is 1. The molecule has 0 aromatic heterocycles. The van der Waals surface area contributed by atoms with E-state index in [0.29, 0.717) is 19.4 Å². The van der Waals surface area contributed by atoms with E-state index in [4.69, 9.17) is 10.3 Å². The number of aliphatic carboxylic acids is 1. The topological polar surface area (TPSA) is 107 Å². The smallest absolute Gasteiger partial charge is 0.326 e. The lowest BCUT2D eigenvalue weighted by Crippen LogP contribution is -2.46. The Morgan fingerprint density at radius 2 is 2.06 bits per heavy atom. The fourth-order valence-corrected chi connectivity index (χ4v) is 1.74. The van der Waals surface area contributed by atoms with Crippen LogP contribution in [0, 0.1) is 5.92 Å². The van der Waals surface area contributed by atoms with Crippen molar-refractivity contribution in [2.24, 2.45) is 5.92 Å². The molecule has 16 heavy (non-hydrogen) atoms. The van der Waals surface area contributed by atoms with Gasteiger partial charge in [-0.3, -0.25) is 14.8 Å². The first-order valence-electron chi connectivity index (χ1n) is 4.96. The van der Waals surface area contributed by atoms with Crippen LogP contribution in [-0.2, 0) is 14.4 Å². The maximum atomic E-state index is 11.8. The first kappa shape index (κ1) is 12.4. The van der Waals surface area contributed by atoms with E-state index in [1.807, 2.05) is 0 Å². The number of carboxylic acids is 1. The minimum atomic E-state index is -1.08. The third-order valence-corrected chi connectivity index (χ3v) is 2.69. The minimum absolute atomic E-state index is 0.332. The molecule has 7 heteroatoms. The Kier molecular flexibility index (Phi) is 3.83. The molecule has 1 fully saturated rings. The Morgan fingerprint density at radius 1 is 1.44 bits per heavy atom. The average molecular weight is 230 g/mol. The van der Waals surface area contributed by atoms with Crippen molar-refractivity contribution in [2.45, 2.75) is 25.8 Å². The molecule has 0 radical (unpaired) electrons. The molecule has 2 atom stereocenters. The molecule has 90 valence electrons. The Hall–Kier alpha value is -1.63. The van der Waals surface area contributed by atoms with Gasteiger partial charge >= 0.3 is 5.97 Å². The van der Waals surface area contributed by atoms with Gasteiger partial charge in [0.25, 0.3) is 5.91 Å². The van der Waals surface area contributed by atoms with Crippen molar-refractivity contribution < 1.29 is 24.7 Å². The second kappa shape index (κ2) is 4.93. The molecule has 2 amide bonds. The van der Waals surface area contributed by atoms with Crippen LogP contribution in [0.3, 0.4) is 0 Å². The molecule has 1 aliphatic rings. The lowest BCUT2D eigenvalue weighted by Gasteiger charge is -2.23. The molecule has 1 rings (SSSR count). The Labute approximate surface area is 92.0 Å². The zero-order valence-corrected chi connectivity index (χ0v) is 8.84. The third-order valence-electron chi connectivity index (χ3n) is 2.69. The number of carbonyl (C=O) groups is 3. The van der Waals surface area contributed by atoms with E-state index in [-0.39, 0.29) is 0 Å². The zero-order valence-electron chi connectivity index (χ0n) is 8.84. The van der Waals surface area contributed by atoms with Crippen LogP contribution < -0.4 is 5.48 Å². The van der Waals surface area contributed by atoms with Gasteiger partial charge in [0.05, 0.1) is 0 Å². The van der Waals surface area contributed by atoms with E-state index in [1.165, 1.54) is 17.3 Å². The second-order valence-electron chi connectivity index (χ2n) is 3.73. The molecule has 1 aliphatic heterocycles. The lowest BCUT2D eigenvalue weighted by molar-refractivity contribution is -0.153. The summed E-state index contributed by atoms with van der Waals surface area (Å²) in [5.41, 5.74) is 1.38. The first-order chi connectivity index (χ1) is 7.49. The monoisotopic (exact) mass is 230 g/mol. The maximum Gasteiger partial charge on any atom is 0.326 e. The first-order valence-corrected chi connectivity index (χ1v) is 4.96. The van der Waals surface area contributed by atoms with Crippen LogP contribution in [0.2, 0.25) is 0 Å². The number of nitrogens with zero attached hydrogens (tertiary/aromatic N) is 1. The predicted molar refractivity (Wildman–Crippen MR) is 51.5 cm³/mol. The molecular weight excluding hydrogens is 216 g/mol. The number of nitrogens with one attached hydrogen (secondary N) is 1. The van der Waals surface area contributed by atoms with Gasteiger partial charge in [-0.25, -0.2) is 10.3 Å². The second-order valence-corrected chi connectivity index (χ2v) is 3.73. The number of rotatable bonds is 3. The van der Waals surface area contributed by atoms with Crippen molar-refractivity contribution in [1.82, 2.24) is 10.4 Å². The number of amides is 2. The van der Waals surface area contributed by atoms with E-state index in [9.17, 15) is 14.4 Å². The molecular formula is C9H14N2O5. The van der Waals surface area contributed by atoms with Crippen molar-refractivity contribution in [1.29, 1.82) is 0 Å². The van der Waals surface area contributed by atoms with Gasteiger partial charge in [-0.2, -0.15) is 0 Å². The molecule has 7 nitrogen and oxygen atoms in total. The molecule has 1 unspecified atom stereocenters.